The van der Waals surface area contributed by atoms with E-state index in [1.54, 1.807) is 0 Å². The van der Waals surface area contributed by atoms with Gasteiger partial charge in [0, 0.05) is 12.5 Å². The summed E-state index contributed by atoms with van der Waals surface area (Å²) in [7, 11) is 0. The zero-order valence-corrected chi connectivity index (χ0v) is 13.2. The number of ether oxygens (including phenoxy) is 1. The molecule has 0 unspecified atom stereocenters. The van der Waals surface area contributed by atoms with Crippen molar-refractivity contribution in [1.82, 2.24) is 0 Å². The van der Waals surface area contributed by atoms with E-state index in [1.807, 2.05) is 30.3 Å². The molecule has 0 atom stereocenters. The molecule has 0 bridgehead atoms. The second-order valence-electron chi connectivity index (χ2n) is 4.95. The summed E-state index contributed by atoms with van der Waals surface area (Å²) in [6.07, 6.45) is 5.44. The van der Waals surface area contributed by atoms with Gasteiger partial charge in [0.2, 0.25) is 0 Å². The molecule has 22 heavy (non-hydrogen) atoms. The van der Waals surface area contributed by atoms with Gasteiger partial charge in [-0.15, -0.1) is 0 Å². The maximum Gasteiger partial charge on any atom is 0.342 e. The number of benzene rings is 1. The summed E-state index contributed by atoms with van der Waals surface area (Å²) in [5.74, 6) is 4.76. The number of carbonyl (C=O) groups excluding carboxylic acids is 2. The van der Waals surface area contributed by atoms with E-state index in [2.05, 4.69) is 18.8 Å². The monoisotopic (exact) mass is 298 g/mol. The topological polar surface area (TPSA) is 43.4 Å². The number of unbranched alkanes of at least 4 members (excludes halogenated alkanes) is 3. The molecule has 116 valence electrons. The number of rotatable bonds is 7. The average Bonchev–Trinajstić information content (AvgIpc) is 2.52. The minimum atomic E-state index is -0.626. The molecule has 0 saturated heterocycles. The summed E-state index contributed by atoms with van der Waals surface area (Å²) in [6.45, 7) is 3.62. The lowest BCUT2D eigenvalue weighted by Gasteiger charge is -2.05. The van der Waals surface area contributed by atoms with Gasteiger partial charge in [0.05, 0.1) is 0 Å². The molecular formula is C19H22O3. The van der Waals surface area contributed by atoms with E-state index >= 15 is 0 Å². The molecule has 0 saturated carbocycles. The van der Waals surface area contributed by atoms with E-state index < -0.39 is 5.97 Å². The van der Waals surface area contributed by atoms with Crippen LogP contribution in [-0.4, -0.2) is 11.8 Å². The summed E-state index contributed by atoms with van der Waals surface area (Å²) in [4.78, 5) is 23.5. The van der Waals surface area contributed by atoms with Crippen LogP contribution in [0.2, 0.25) is 0 Å². The predicted molar refractivity (Wildman–Crippen MR) is 86.9 cm³/mol. The van der Waals surface area contributed by atoms with Crippen LogP contribution < -0.4 is 0 Å². The normalized spacial score (nSPS) is 10.5. The number of hydrogen-bond donors (Lipinski definition) is 0. The summed E-state index contributed by atoms with van der Waals surface area (Å²) < 4.78 is 5.15. The number of ketones is 1. The van der Waals surface area contributed by atoms with Crippen molar-refractivity contribution >= 4 is 11.8 Å². The molecule has 3 nitrogen and oxygen atoms in total. The Bertz CT molecular complexity index is 574. The summed E-state index contributed by atoms with van der Waals surface area (Å²) >= 11 is 0. The number of Topliss-reactive ketones (excluding diaryl/α,β-unsaturated/α-hetero) is 1. The summed E-state index contributed by atoms with van der Waals surface area (Å²) in [6, 6.07) is 9.34. The number of hydrogen-bond acceptors (Lipinski definition) is 3. The molecule has 0 aliphatic carbocycles. The van der Waals surface area contributed by atoms with Gasteiger partial charge in [0.1, 0.15) is 12.2 Å². The van der Waals surface area contributed by atoms with Gasteiger partial charge in [-0.1, -0.05) is 61.9 Å². The van der Waals surface area contributed by atoms with Crippen molar-refractivity contribution in [3.63, 3.8) is 0 Å². The smallest absolute Gasteiger partial charge is 0.342 e. The summed E-state index contributed by atoms with van der Waals surface area (Å²) in [5, 5.41) is 0. The Hall–Kier alpha value is -2.34. The van der Waals surface area contributed by atoms with Gasteiger partial charge in [-0.25, -0.2) is 4.79 Å². The first-order valence-electron chi connectivity index (χ1n) is 7.55. The minimum Gasteiger partial charge on any atom is -0.457 e. The lowest BCUT2D eigenvalue weighted by Crippen LogP contribution is -2.13. The van der Waals surface area contributed by atoms with E-state index in [-0.39, 0.29) is 18.0 Å². The van der Waals surface area contributed by atoms with Crippen LogP contribution in [0.25, 0.3) is 0 Å². The van der Waals surface area contributed by atoms with Gasteiger partial charge in [0.15, 0.2) is 5.78 Å². The molecule has 0 amide bonds. The standard InChI is InChI=1S/C19H22O3/c1-3-4-5-6-7-11-14-18(16(2)20)19(21)22-15-17-12-9-8-10-13-17/h8-10,12-14H,3-6,15H2,1-2H3/b18-14+. The molecule has 0 aliphatic rings. The predicted octanol–water partition coefficient (Wildman–Crippen LogP) is 3.83. The third-order valence-corrected chi connectivity index (χ3v) is 3.04. The van der Waals surface area contributed by atoms with Crippen LogP contribution in [0.4, 0.5) is 0 Å². The Balaban J connectivity index is 2.58. The molecule has 1 aromatic rings. The van der Waals surface area contributed by atoms with Crippen molar-refractivity contribution in [3.05, 3.63) is 47.5 Å². The third-order valence-electron chi connectivity index (χ3n) is 3.04. The van der Waals surface area contributed by atoms with Crippen LogP contribution in [-0.2, 0) is 20.9 Å². The van der Waals surface area contributed by atoms with Crippen LogP contribution >= 0.6 is 0 Å². The van der Waals surface area contributed by atoms with Gasteiger partial charge in [-0.05, 0) is 18.9 Å². The Morgan fingerprint density at radius 3 is 2.55 bits per heavy atom. The van der Waals surface area contributed by atoms with Crippen LogP contribution in [0.15, 0.2) is 42.0 Å². The molecular weight excluding hydrogens is 276 g/mol. The van der Waals surface area contributed by atoms with Gasteiger partial charge >= 0.3 is 5.97 Å². The zero-order valence-electron chi connectivity index (χ0n) is 13.2. The lowest BCUT2D eigenvalue weighted by atomic mass is 10.1. The van der Waals surface area contributed by atoms with E-state index in [1.165, 1.54) is 13.0 Å². The summed E-state index contributed by atoms with van der Waals surface area (Å²) in [5.41, 5.74) is 0.878. The van der Waals surface area contributed by atoms with Crippen molar-refractivity contribution in [1.29, 1.82) is 0 Å². The molecule has 0 radical (unpaired) electrons. The van der Waals surface area contributed by atoms with Crippen LogP contribution in [0.1, 0.15) is 45.1 Å². The fourth-order valence-corrected chi connectivity index (χ4v) is 1.76. The second kappa shape index (κ2) is 10.4. The number of allylic oxidation sites excluding steroid dienone is 1. The van der Waals surface area contributed by atoms with Crippen molar-refractivity contribution in [2.75, 3.05) is 0 Å². The first-order chi connectivity index (χ1) is 10.6. The highest BCUT2D eigenvalue weighted by Crippen LogP contribution is 2.05. The average molecular weight is 298 g/mol. The molecule has 1 aromatic carbocycles. The zero-order chi connectivity index (χ0) is 16.2. The van der Waals surface area contributed by atoms with E-state index in [0.29, 0.717) is 0 Å². The Kier molecular flexibility index (Phi) is 8.37. The fraction of sp³-hybridized carbons (Fsp3) is 0.368. The van der Waals surface area contributed by atoms with Crippen LogP contribution in [0.3, 0.4) is 0 Å². The fourth-order valence-electron chi connectivity index (χ4n) is 1.76. The van der Waals surface area contributed by atoms with E-state index in [9.17, 15) is 9.59 Å². The van der Waals surface area contributed by atoms with Crippen molar-refractivity contribution in [3.8, 4) is 11.8 Å². The SMILES string of the molecule is CCCCCC#C/C=C(\C(C)=O)C(=O)OCc1ccccc1. The maximum atomic E-state index is 11.9. The largest absolute Gasteiger partial charge is 0.457 e. The first-order valence-corrected chi connectivity index (χ1v) is 7.55. The minimum absolute atomic E-state index is 0.000998. The van der Waals surface area contributed by atoms with Crippen molar-refractivity contribution in [2.45, 2.75) is 46.1 Å². The molecule has 0 N–H and O–H groups in total. The van der Waals surface area contributed by atoms with Crippen LogP contribution in [0.5, 0.6) is 0 Å². The highest BCUT2D eigenvalue weighted by atomic mass is 16.5. The Labute approximate surface area is 132 Å². The third kappa shape index (κ3) is 6.90. The van der Waals surface area contributed by atoms with Gasteiger partial charge in [-0.3, -0.25) is 4.79 Å². The van der Waals surface area contributed by atoms with Crippen molar-refractivity contribution < 1.29 is 14.3 Å². The molecule has 1 rings (SSSR count). The van der Waals surface area contributed by atoms with Gasteiger partial charge in [0.25, 0.3) is 0 Å². The maximum absolute atomic E-state index is 11.9. The quantitative estimate of drug-likeness (QED) is 0.192. The molecule has 0 fully saturated rings. The Morgan fingerprint density at radius 2 is 1.91 bits per heavy atom. The highest BCUT2D eigenvalue weighted by molar-refractivity contribution is 6.16. The first kappa shape index (κ1) is 17.7. The molecule has 3 heteroatoms. The van der Waals surface area contributed by atoms with Crippen LogP contribution in [0, 0.1) is 11.8 Å². The molecule has 0 aromatic heterocycles. The highest BCUT2D eigenvalue weighted by Gasteiger charge is 2.15. The van der Waals surface area contributed by atoms with E-state index in [0.717, 1.165) is 31.2 Å². The molecule has 0 heterocycles. The second-order valence-corrected chi connectivity index (χ2v) is 4.95. The van der Waals surface area contributed by atoms with E-state index in [4.69, 9.17) is 4.74 Å². The lowest BCUT2D eigenvalue weighted by molar-refractivity contribution is -0.141. The molecule has 0 aliphatic heterocycles. The Morgan fingerprint density at radius 1 is 1.18 bits per heavy atom. The molecule has 0 spiro atoms. The number of esters is 1. The van der Waals surface area contributed by atoms with Gasteiger partial charge in [-0.2, -0.15) is 0 Å². The number of carbonyl (C=O) groups is 2. The van der Waals surface area contributed by atoms with Crippen molar-refractivity contribution in [2.24, 2.45) is 0 Å². The van der Waals surface area contributed by atoms with Gasteiger partial charge < -0.3 is 4.74 Å².